The van der Waals surface area contributed by atoms with Gasteiger partial charge in [0.2, 0.25) is 0 Å². The van der Waals surface area contributed by atoms with Gasteiger partial charge < -0.3 is 5.43 Å². The van der Waals surface area contributed by atoms with E-state index < -0.39 is 0 Å². The number of rotatable bonds is 2. The van der Waals surface area contributed by atoms with Crippen LogP contribution in [0.25, 0.3) is 11.4 Å². The number of pyridine rings is 1. The van der Waals surface area contributed by atoms with Crippen molar-refractivity contribution in [3.05, 3.63) is 35.8 Å². The van der Waals surface area contributed by atoms with Gasteiger partial charge in [-0.05, 0) is 31.4 Å². The molecule has 1 aliphatic rings. The molecular formula is C12H13N5. The van der Waals surface area contributed by atoms with E-state index in [-0.39, 0.29) is 0 Å². The molecule has 86 valence electrons. The van der Waals surface area contributed by atoms with Crippen molar-refractivity contribution in [3.8, 4) is 11.4 Å². The summed E-state index contributed by atoms with van der Waals surface area (Å²) < 4.78 is 0. The molecule has 1 aliphatic carbocycles. The molecule has 5 heteroatoms. The molecule has 0 amide bonds. The smallest absolute Gasteiger partial charge is 0.161 e. The quantitative estimate of drug-likeness (QED) is 0.597. The highest BCUT2D eigenvalue weighted by Crippen LogP contribution is 2.28. The van der Waals surface area contributed by atoms with Gasteiger partial charge >= 0.3 is 0 Å². The Morgan fingerprint density at radius 3 is 2.71 bits per heavy atom. The number of nitrogens with one attached hydrogen (secondary N) is 1. The highest BCUT2D eigenvalue weighted by molar-refractivity contribution is 5.59. The zero-order valence-corrected chi connectivity index (χ0v) is 9.35. The number of hydrazine groups is 1. The second kappa shape index (κ2) is 4.10. The molecule has 3 rings (SSSR count). The molecule has 2 aromatic rings. The van der Waals surface area contributed by atoms with Crippen LogP contribution >= 0.6 is 0 Å². The Bertz CT molecular complexity index is 538. The summed E-state index contributed by atoms with van der Waals surface area (Å²) in [4.78, 5) is 13.0. The average molecular weight is 227 g/mol. The molecule has 5 nitrogen and oxygen atoms in total. The zero-order valence-electron chi connectivity index (χ0n) is 9.35. The fourth-order valence-corrected chi connectivity index (χ4v) is 2.18. The summed E-state index contributed by atoms with van der Waals surface area (Å²) in [6, 6.07) is 3.80. The summed E-state index contributed by atoms with van der Waals surface area (Å²) in [7, 11) is 0. The van der Waals surface area contributed by atoms with Gasteiger partial charge in [0.25, 0.3) is 0 Å². The molecule has 0 bridgehead atoms. The van der Waals surface area contributed by atoms with Crippen molar-refractivity contribution in [2.75, 3.05) is 5.43 Å². The van der Waals surface area contributed by atoms with Gasteiger partial charge in [-0.3, -0.25) is 4.98 Å². The van der Waals surface area contributed by atoms with Crippen molar-refractivity contribution < 1.29 is 0 Å². The van der Waals surface area contributed by atoms with E-state index in [1.54, 1.807) is 12.4 Å². The van der Waals surface area contributed by atoms with E-state index in [4.69, 9.17) is 5.84 Å². The van der Waals surface area contributed by atoms with E-state index in [1.807, 2.05) is 12.1 Å². The molecule has 2 aromatic heterocycles. The maximum atomic E-state index is 5.52. The number of nitrogen functional groups attached to an aromatic ring is 1. The number of hydrogen-bond acceptors (Lipinski definition) is 5. The van der Waals surface area contributed by atoms with E-state index in [9.17, 15) is 0 Å². The molecule has 3 N–H and O–H groups in total. The zero-order chi connectivity index (χ0) is 11.7. The van der Waals surface area contributed by atoms with Crippen LogP contribution in [0.5, 0.6) is 0 Å². The van der Waals surface area contributed by atoms with Crippen LogP contribution in [0.15, 0.2) is 24.5 Å². The minimum absolute atomic E-state index is 0.709. The van der Waals surface area contributed by atoms with Crippen molar-refractivity contribution in [1.29, 1.82) is 0 Å². The number of anilines is 1. The molecule has 0 spiro atoms. The lowest BCUT2D eigenvalue weighted by Gasteiger charge is -2.08. The van der Waals surface area contributed by atoms with Crippen molar-refractivity contribution in [3.63, 3.8) is 0 Å². The van der Waals surface area contributed by atoms with E-state index in [1.165, 1.54) is 0 Å². The second-order valence-electron chi connectivity index (χ2n) is 4.05. The summed E-state index contributed by atoms with van der Waals surface area (Å²) in [5.41, 5.74) is 5.90. The summed E-state index contributed by atoms with van der Waals surface area (Å²) in [6.45, 7) is 0. The van der Waals surface area contributed by atoms with Crippen LogP contribution in [-0.2, 0) is 12.8 Å². The molecule has 0 aliphatic heterocycles. The molecule has 0 aromatic carbocycles. The fourth-order valence-electron chi connectivity index (χ4n) is 2.18. The Balaban J connectivity index is 2.13. The predicted octanol–water partition coefficient (Wildman–Crippen LogP) is 1.31. The van der Waals surface area contributed by atoms with Gasteiger partial charge in [0.05, 0.1) is 0 Å². The minimum Gasteiger partial charge on any atom is -0.308 e. The first-order valence-electron chi connectivity index (χ1n) is 5.65. The van der Waals surface area contributed by atoms with Gasteiger partial charge in [-0.25, -0.2) is 15.8 Å². The van der Waals surface area contributed by atoms with Crippen LogP contribution in [0, 0.1) is 0 Å². The Morgan fingerprint density at radius 1 is 1.12 bits per heavy atom. The second-order valence-corrected chi connectivity index (χ2v) is 4.05. The molecule has 17 heavy (non-hydrogen) atoms. The Kier molecular flexibility index (Phi) is 2.45. The van der Waals surface area contributed by atoms with Crippen LogP contribution in [0.2, 0.25) is 0 Å². The lowest BCUT2D eigenvalue weighted by atomic mass is 10.2. The maximum absolute atomic E-state index is 5.52. The van der Waals surface area contributed by atoms with Crippen LogP contribution in [0.4, 0.5) is 5.82 Å². The molecule has 0 radical (unpaired) electrons. The summed E-state index contributed by atoms with van der Waals surface area (Å²) >= 11 is 0. The van der Waals surface area contributed by atoms with Gasteiger partial charge in [0.1, 0.15) is 5.82 Å². The molecule has 0 fully saturated rings. The highest BCUT2D eigenvalue weighted by atomic mass is 15.3. The normalized spacial score (nSPS) is 13.5. The van der Waals surface area contributed by atoms with Crippen molar-refractivity contribution in [2.45, 2.75) is 19.3 Å². The first-order valence-corrected chi connectivity index (χ1v) is 5.65. The number of nitrogens with two attached hydrogens (primary N) is 1. The number of hydrogen-bond donors (Lipinski definition) is 2. The summed E-state index contributed by atoms with van der Waals surface area (Å²) in [5.74, 6) is 6.98. The fraction of sp³-hybridized carbons (Fsp3) is 0.250. The Morgan fingerprint density at radius 2 is 1.94 bits per heavy atom. The number of aryl methyl sites for hydroxylation is 1. The van der Waals surface area contributed by atoms with E-state index in [0.717, 1.165) is 41.9 Å². The largest absolute Gasteiger partial charge is 0.308 e. The minimum atomic E-state index is 0.709. The van der Waals surface area contributed by atoms with Gasteiger partial charge in [-0.1, -0.05) is 0 Å². The topological polar surface area (TPSA) is 76.7 Å². The first-order chi connectivity index (χ1) is 8.38. The van der Waals surface area contributed by atoms with Gasteiger partial charge in [-0.15, -0.1) is 0 Å². The van der Waals surface area contributed by atoms with Crippen LogP contribution in [0.1, 0.15) is 17.7 Å². The molecule has 2 heterocycles. The third-order valence-electron chi connectivity index (χ3n) is 3.01. The van der Waals surface area contributed by atoms with Crippen molar-refractivity contribution in [1.82, 2.24) is 15.0 Å². The third kappa shape index (κ3) is 1.74. The summed E-state index contributed by atoms with van der Waals surface area (Å²) in [6.07, 6.45) is 6.61. The van der Waals surface area contributed by atoms with Crippen LogP contribution in [-0.4, -0.2) is 15.0 Å². The maximum Gasteiger partial charge on any atom is 0.161 e. The Hall–Kier alpha value is -2.01. The standard InChI is InChI=1S/C12H13N5/c13-17-12-9-2-1-3-10(9)15-11(16-12)8-4-6-14-7-5-8/h4-7H,1-3,13H2,(H,15,16,17). The average Bonchev–Trinajstić information content (AvgIpc) is 2.86. The Labute approximate surface area is 99.1 Å². The SMILES string of the molecule is NNc1nc(-c2ccncc2)nc2c1CCC2. The van der Waals surface area contributed by atoms with Crippen molar-refractivity contribution in [2.24, 2.45) is 5.84 Å². The van der Waals surface area contributed by atoms with E-state index in [2.05, 4.69) is 20.4 Å². The van der Waals surface area contributed by atoms with Gasteiger partial charge in [0.15, 0.2) is 5.82 Å². The van der Waals surface area contributed by atoms with E-state index >= 15 is 0 Å². The van der Waals surface area contributed by atoms with Crippen LogP contribution in [0.3, 0.4) is 0 Å². The highest BCUT2D eigenvalue weighted by Gasteiger charge is 2.19. The van der Waals surface area contributed by atoms with E-state index in [0.29, 0.717) is 5.82 Å². The molecular weight excluding hydrogens is 214 g/mol. The van der Waals surface area contributed by atoms with Gasteiger partial charge in [-0.2, -0.15) is 0 Å². The molecule has 0 atom stereocenters. The van der Waals surface area contributed by atoms with Crippen LogP contribution < -0.4 is 11.3 Å². The number of aromatic nitrogens is 3. The predicted molar refractivity (Wildman–Crippen MR) is 65.1 cm³/mol. The number of fused-ring (bicyclic) bond motifs is 1. The third-order valence-corrected chi connectivity index (χ3v) is 3.01. The van der Waals surface area contributed by atoms with Gasteiger partial charge in [0, 0.05) is 29.2 Å². The molecule has 0 saturated carbocycles. The summed E-state index contributed by atoms with van der Waals surface area (Å²) in [5, 5.41) is 0. The first kappa shape index (κ1) is 10.2. The molecule has 0 saturated heterocycles. The monoisotopic (exact) mass is 227 g/mol. The van der Waals surface area contributed by atoms with Crippen molar-refractivity contribution >= 4 is 5.82 Å². The number of nitrogens with zero attached hydrogens (tertiary/aromatic N) is 3. The lowest BCUT2D eigenvalue weighted by molar-refractivity contribution is 0.900. The lowest BCUT2D eigenvalue weighted by Crippen LogP contribution is -2.12. The molecule has 0 unspecified atom stereocenters.